The molecule has 2 aliphatic rings. The van der Waals surface area contributed by atoms with Crippen LogP contribution in [0.4, 0.5) is 16.2 Å². The summed E-state index contributed by atoms with van der Waals surface area (Å²) in [5, 5.41) is 17.0. The molecular weight excluding hydrogens is 300 g/mol. The third-order valence-electron chi connectivity index (χ3n) is 4.10. The highest BCUT2D eigenvalue weighted by Gasteiger charge is 2.39. The van der Waals surface area contributed by atoms with Gasteiger partial charge in [0.15, 0.2) is 0 Å². The number of carbonyl (C=O) groups is 1. The summed E-state index contributed by atoms with van der Waals surface area (Å²) in [6.45, 7) is 5.09. The molecule has 0 aromatic heterocycles. The molecule has 9 nitrogen and oxygen atoms in total. The number of aromatic hydroxyl groups is 1. The summed E-state index contributed by atoms with van der Waals surface area (Å²) in [4.78, 5) is 18.1. The molecule has 2 N–H and O–H groups in total. The highest BCUT2D eigenvalue weighted by Crippen LogP contribution is 2.35. The summed E-state index contributed by atoms with van der Waals surface area (Å²) in [5.41, 5.74) is 9.76. The Kier molecular flexibility index (Phi) is 4.14. The SMILES string of the molecule is C[C@@H]1C(N=[N+]=[N-])OC(=O)N1c1ccc(N2CCNCC2)c(O)c1. The maximum Gasteiger partial charge on any atom is 0.415 e. The van der Waals surface area contributed by atoms with Crippen LogP contribution in [0, 0.1) is 0 Å². The lowest BCUT2D eigenvalue weighted by molar-refractivity contribution is 0.137. The first-order chi connectivity index (χ1) is 11.1. The number of nitrogens with one attached hydrogen (secondary N) is 1. The minimum absolute atomic E-state index is 0.108. The second-order valence-electron chi connectivity index (χ2n) is 5.50. The van der Waals surface area contributed by atoms with Crippen LogP contribution in [-0.4, -0.2) is 49.6 Å². The summed E-state index contributed by atoms with van der Waals surface area (Å²) >= 11 is 0. The fourth-order valence-electron chi connectivity index (χ4n) is 2.90. The van der Waals surface area contributed by atoms with Crippen LogP contribution in [-0.2, 0) is 4.74 Å². The molecule has 0 bridgehead atoms. The van der Waals surface area contributed by atoms with Gasteiger partial charge < -0.3 is 20.1 Å². The van der Waals surface area contributed by atoms with Crippen LogP contribution in [0.25, 0.3) is 10.4 Å². The van der Waals surface area contributed by atoms with E-state index in [9.17, 15) is 9.90 Å². The first-order valence-electron chi connectivity index (χ1n) is 7.44. The van der Waals surface area contributed by atoms with Crippen LogP contribution >= 0.6 is 0 Å². The molecule has 1 unspecified atom stereocenters. The van der Waals surface area contributed by atoms with Gasteiger partial charge in [0.05, 0.1) is 17.4 Å². The van der Waals surface area contributed by atoms with Crippen molar-refractivity contribution in [3.05, 3.63) is 28.6 Å². The molecule has 2 atom stereocenters. The molecule has 1 aromatic rings. The first-order valence-corrected chi connectivity index (χ1v) is 7.44. The number of anilines is 2. The van der Waals surface area contributed by atoms with E-state index in [1.807, 2.05) is 0 Å². The second-order valence-corrected chi connectivity index (χ2v) is 5.50. The van der Waals surface area contributed by atoms with Gasteiger partial charge in [-0.3, -0.25) is 4.90 Å². The van der Waals surface area contributed by atoms with Crippen LogP contribution in [0.5, 0.6) is 5.75 Å². The molecule has 0 saturated carbocycles. The van der Waals surface area contributed by atoms with Gasteiger partial charge in [-0.25, -0.2) is 4.79 Å². The van der Waals surface area contributed by atoms with Gasteiger partial charge in [0.25, 0.3) is 0 Å². The largest absolute Gasteiger partial charge is 0.506 e. The molecule has 1 amide bonds. The molecular formula is C14H18N6O3. The van der Waals surface area contributed by atoms with E-state index in [1.165, 1.54) is 11.0 Å². The zero-order valence-corrected chi connectivity index (χ0v) is 12.7. The number of amides is 1. The Hall–Kier alpha value is -2.64. The quantitative estimate of drug-likeness (QED) is 0.501. The smallest absolute Gasteiger partial charge is 0.415 e. The molecule has 2 aliphatic heterocycles. The fourth-order valence-corrected chi connectivity index (χ4v) is 2.90. The van der Waals surface area contributed by atoms with Crippen LogP contribution < -0.4 is 15.1 Å². The fraction of sp³-hybridized carbons (Fsp3) is 0.500. The van der Waals surface area contributed by atoms with Gasteiger partial charge in [0.2, 0.25) is 6.23 Å². The number of hydrogen-bond acceptors (Lipinski definition) is 6. The Labute approximate surface area is 133 Å². The number of benzene rings is 1. The van der Waals surface area contributed by atoms with E-state index in [2.05, 4.69) is 20.2 Å². The zero-order valence-electron chi connectivity index (χ0n) is 12.7. The molecule has 3 rings (SSSR count). The summed E-state index contributed by atoms with van der Waals surface area (Å²) in [6.07, 6.45) is -1.47. The molecule has 2 heterocycles. The van der Waals surface area contributed by atoms with Crippen molar-refractivity contribution in [2.24, 2.45) is 5.11 Å². The molecule has 0 aliphatic carbocycles. The highest BCUT2D eigenvalue weighted by atomic mass is 16.6. The normalized spacial score (nSPS) is 24.3. The van der Waals surface area contributed by atoms with Gasteiger partial charge >= 0.3 is 6.09 Å². The number of carbonyl (C=O) groups excluding carboxylic acids is 1. The Morgan fingerprint density at radius 1 is 1.43 bits per heavy atom. The third-order valence-corrected chi connectivity index (χ3v) is 4.10. The maximum absolute atomic E-state index is 12.0. The van der Waals surface area contributed by atoms with Crippen molar-refractivity contribution in [1.82, 2.24) is 5.32 Å². The first kappa shape index (κ1) is 15.3. The summed E-state index contributed by atoms with van der Waals surface area (Å²) < 4.78 is 5.03. The molecule has 2 saturated heterocycles. The molecule has 122 valence electrons. The number of cyclic esters (lactones) is 1. The summed E-state index contributed by atoms with van der Waals surface area (Å²) in [5.74, 6) is 0.108. The molecule has 23 heavy (non-hydrogen) atoms. The lowest BCUT2D eigenvalue weighted by Crippen LogP contribution is -2.43. The highest BCUT2D eigenvalue weighted by molar-refractivity contribution is 5.91. The average Bonchev–Trinajstić information content (AvgIpc) is 2.82. The van der Waals surface area contributed by atoms with Crippen molar-refractivity contribution in [3.8, 4) is 5.75 Å². The van der Waals surface area contributed by atoms with Crippen molar-refractivity contribution in [1.29, 1.82) is 0 Å². The van der Waals surface area contributed by atoms with Crippen molar-refractivity contribution < 1.29 is 14.6 Å². The van der Waals surface area contributed by atoms with Gasteiger partial charge in [0, 0.05) is 37.2 Å². The van der Waals surface area contributed by atoms with Crippen molar-refractivity contribution >= 4 is 17.5 Å². The van der Waals surface area contributed by atoms with Crippen LogP contribution in [0.3, 0.4) is 0 Å². The maximum atomic E-state index is 12.0. The summed E-state index contributed by atoms with van der Waals surface area (Å²) in [7, 11) is 0. The molecule has 0 radical (unpaired) electrons. The lowest BCUT2D eigenvalue weighted by atomic mass is 10.2. The van der Waals surface area contributed by atoms with E-state index in [-0.39, 0.29) is 5.75 Å². The number of phenols is 1. The Morgan fingerprint density at radius 2 is 2.17 bits per heavy atom. The monoisotopic (exact) mass is 318 g/mol. The van der Waals surface area contributed by atoms with Crippen LogP contribution in [0.15, 0.2) is 23.3 Å². The summed E-state index contributed by atoms with van der Waals surface area (Å²) in [6, 6.07) is 4.64. The van der Waals surface area contributed by atoms with Crippen molar-refractivity contribution in [3.63, 3.8) is 0 Å². The number of hydrogen-bond donors (Lipinski definition) is 2. The average molecular weight is 318 g/mol. The van der Waals surface area contributed by atoms with Gasteiger partial charge in [-0.2, -0.15) is 0 Å². The Bertz CT molecular complexity index is 654. The van der Waals surface area contributed by atoms with Gasteiger partial charge in [-0.15, -0.1) is 0 Å². The van der Waals surface area contributed by atoms with Gasteiger partial charge in [-0.05, 0) is 29.7 Å². The molecule has 9 heteroatoms. The molecule has 1 aromatic carbocycles. The topological polar surface area (TPSA) is 114 Å². The van der Waals surface area contributed by atoms with Gasteiger partial charge in [-0.1, -0.05) is 0 Å². The molecule has 0 spiro atoms. The zero-order chi connectivity index (χ0) is 16.4. The second kappa shape index (κ2) is 6.23. The van der Waals surface area contributed by atoms with Gasteiger partial charge in [0.1, 0.15) is 5.75 Å². The number of piperazine rings is 1. The number of ether oxygens (including phenoxy) is 1. The van der Waals surface area contributed by atoms with Crippen molar-refractivity contribution in [2.75, 3.05) is 36.0 Å². The Morgan fingerprint density at radius 3 is 2.83 bits per heavy atom. The lowest BCUT2D eigenvalue weighted by Gasteiger charge is -2.30. The Balaban J connectivity index is 1.85. The number of azide groups is 1. The predicted molar refractivity (Wildman–Crippen MR) is 84.5 cm³/mol. The number of nitrogens with zero attached hydrogens (tertiary/aromatic N) is 5. The van der Waals surface area contributed by atoms with Crippen molar-refractivity contribution in [2.45, 2.75) is 19.2 Å². The van der Waals surface area contributed by atoms with E-state index >= 15 is 0 Å². The van der Waals surface area contributed by atoms with E-state index < -0.39 is 18.4 Å². The van der Waals surface area contributed by atoms with E-state index in [1.54, 1.807) is 19.1 Å². The van der Waals surface area contributed by atoms with E-state index in [0.717, 1.165) is 31.9 Å². The van der Waals surface area contributed by atoms with E-state index in [4.69, 9.17) is 10.3 Å². The standard InChI is InChI=1S/C14H18N6O3/c1-9-13(17-18-15)23-14(22)20(9)10-2-3-11(12(21)8-10)19-6-4-16-5-7-19/h2-3,8-9,13,16,21H,4-7H2,1H3/t9-,13?/m1/s1. The third kappa shape index (κ3) is 2.84. The molecule has 2 fully saturated rings. The van der Waals surface area contributed by atoms with Crippen LogP contribution in [0.1, 0.15) is 6.92 Å². The minimum Gasteiger partial charge on any atom is -0.506 e. The number of rotatable bonds is 3. The van der Waals surface area contributed by atoms with Crippen LogP contribution in [0.2, 0.25) is 0 Å². The number of phenolic OH excluding ortho intramolecular Hbond substituents is 1. The van der Waals surface area contributed by atoms with E-state index in [0.29, 0.717) is 5.69 Å². The predicted octanol–water partition coefficient (Wildman–Crippen LogP) is 1.78. The minimum atomic E-state index is -0.873.